The summed E-state index contributed by atoms with van der Waals surface area (Å²) in [4.78, 5) is 11.9. The highest BCUT2D eigenvalue weighted by Crippen LogP contribution is 2.18. The SMILES string of the molecule is CC(Nc1ccc(F)c(F)c1)C(=O)NC1CCCC1. The normalized spacial score (nSPS) is 17.2. The number of nitrogens with one attached hydrogen (secondary N) is 2. The monoisotopic (exact) mass is 268 g/mol. The molecule has 1 amide bonds. The molecule has 0 spiro atoms. The van der Waals surface area contributed by atoms with Gasteiger partial charge in [0.05, 0.1) is 0 Å². The summed E-state index contributed by atoms with van der Waals surface area (Å²) in [6.45, 7) is 1.70. The van der Waals surface area contributed by atoms with Gasteiger partial charge in [0, 0.05) is 17.8 Å². The van der Waals surface area contributed by atoms with Crippen molar-refractivity contribution in [1.82, 2.24) is 5.32 Å². The molecule has 0 heterocycles. The van der Waals surface area contributed by atoms with Crippen molar-refractivity contribution in [2.24, 2.45) is 0 Å². The lowest BCUT2D eigenvalue weighted by molar-refractivity contribution is -0.122. The van der Waals surface area contributed by atoms with E-state index in [9.17, 15) is 13.6 Å². The van der Waals surface area contributed by atoms with Gasteiger partial charge in [0.15, 0.2) is 11.6 Å². The third kappa shape index (κ3) is 3.66. The van der Waals surface area contributed by atoms with Crippen LogP contribution in [0.4, 0.5) is 14.5 Å². The summed E-state index contributed by atoms with van der Waals surface area (Å²) in [6, 6.07) is 3.28. The van der Waals surface area contributed by atoms with Crippen molar-refractivity contribution in [1.29, 1.82) is 0 Å². The maximum atomic E-state index is 13.0. The lowest BCUT2D eigenvalue weighted by Gasteiger charge is -2.18. The van der Waals surface area contributed by atoms with E-state index in [2.05, 4.69) is 10.6 Å². The molecule has 2 rings (SSSR count). The van der Waals surface area contributed by atoms with E-state index in [4.69, 9.17) is 0 Å². The van der Waals surface area contributed by atoms with Crippen molar-refractivity contribution >= 4 is 11.6 Å². The second kappa shape index (κ2) is 5.99. The Balaban J connectivity index is 1.90. The van der Waals surface area contributed by atoms with E-state index in [0.29, 0.717) is 5.69 Å². The lowest BCUT2D eigenvalue weighted by Crippen LogP contribution is -2.42. The van der Waals surface area contributed by atoms with Gasteiger partial charge >= 0.3 is 0 Å². The zero-order chi connectivity index (χ0) is 13.8. The maximum Gasteiger partial charge on any atom is 0.242 e. The van der Waals surface area contributed by atoms with Gasteiger partial charge in [-0.05, 0) is 31.9 Å². The molecule has 1 saturated carbocycles. The largest absolute Gasteiger partial charge is 0.374 e. The molecular weight excluding hydrogens is 250 g/mol. The van der Waals surface area contributed by atoms with Gasteiger partial charge in [-0.25, -0.2) is 8.78 Å². The fourth-order valence-corrected chi connectivity index (χ4v) is 2.30. The average Bonchev–Trinajstić information content (AvgIpc) is 2.86. The topological polar surface area (TPSA) is 41.1 Å². The summed E-state index contributed by atoms with van der Waals surface area (Å²) in [7, 11) is 0. The van der Waals surface area contributed by atoms with Crippen molar-refractivity contribution in [3.63, 3.8) is 0 Å². The fourth-order valence-electron chi connectivity index (χ4n) is 2.30. The molecule has 0 saturated heterocycles. The first kappa shape index (κ1) is 13.8. The van der Waals surface area contributed by atoms with Crippen LogP contribution >= 0.6 is 0 Å². The van der Waals surface area contributed by atoms with Gasteiger partial charge in [0.1, 0.15) is 6.04 Å². The van der Waals surface area contributed by atoms with E-state index in [1.807, 2.05) is 0 Å². The number of carbonyl (C=O) groups excluding carboxylic acids is 1. The van der Waals surface area contributed by atoms with E-state index in [1.54, 1.807) is 6.92 Å². The van der Waals surface area contributed by atoms with Crippen LogP contribution in [0.2, 0.25) is 0 Å². The molecule has 1 unspecified atom stereocenters. The minimum Gasteiger partial charge on any atom is -0.374 e. The van der Waals surface area contributed by atoms with E-state index in [-0.39, 0.29) is 11.9 Å². The summed E-state index contributed by atoms with van der Waals surface area (Å²) < 4.78 is 25.8. The predicted molar refractivity (Wildman–Crippen MR) is 69.8 cm³/mol. The quantitative estimate of drug-likeness (QED) is 0.881. The molecular formula is C14H18F2N2O. The van der Waals surface area contributed by atoms with Gasteiger partial charge in [0.25, 0.3) is 0 Å². The number of hydrogen-bond acceptors (Lipinski definition) is 2. The van der Waals surface area contributed by atoms with Gasteiger partial charge in [-0.1, -0.05) is 12.8 Å². The van der Waals surface area contributed by atoms with Crippen LogP contribution in [0, 0.1) is 11.6 Å². The molecule has 1 aliphatic carbocycles. The van der Waals surface area contributed by atoms with E-state index < -0.39 is 17.7 Å². The highest BCUT2D eigenvalue weighted by Gasteiger charge is 2.20. The summed E-state index contributed by atoms with van der Waals surface area (Å²) in [6.07, 6.45) is 4.33. The van der Waals surface area contributed by atoms with Crippen molar-refractivity contribution in [2.75, 3.05) is 5.32 Å². The van der Waals surface area contributed by atoms with Crippen LogP contribution in [-0.4, -0.2) is 18.0 Å². The molecule has 1 fully saturated rings. The summed E-state index contributed by atoms with van der Waals surface area (Å²) >= 11 is 0. The second-order valence-corrected chi connectivity index (χ2v) is 4.98. The molecule has 3 nitrogen and oxygen atoms in total. The van der Waals surface area contributed by atoms with Crippen LogP contribution in [0.3, 0.4) is 0 Å². The van der Waals surface area contributed by atoms with Crippen molar-refractivity contribution < 1.29 is 13.6 Å². The zero-order valence-electron chi connectivity index (χ0n) is 10.9. The van der Waals surface area contributed by atoms with Gasteiger partial charge in [-0.2, -0.15) is 0 Å². The van der Waals surface area contributed by atoms with Gasteiger partial charge in [-0.15, -0.1) is 0 Å². The van der Waals surface area contributed by atoms with Crippen molar-refractivity contribution in [3.8, 4) is 0 Å². The summed E-state index contributed by atoms with van der Waals surface area (Å²) in [5, 5.41) is 5.82. The minimum atomic E-state index is -0.923. The Kier molecular flexibility index (Phi) is 4.35. The number of anilines is 1. The molecule has 1 aromatic carbocycles. The molecule has 2 N–H and O–H groups in total. The Morgan fingerprint density at radius 2 is 1.95 bits per heavy atom. The number of halogens is 2. The Hall–Kier alpha value is -1.65. The molecule has 0 bridgehead atoms. The summed E-state index contributed by atoms with van der Waals surface area (Å²) in [5.74, 6) is -1.93. The average molecular weight is 268 g/mol. The van der Waals surface area contributed by atoms with E-state index >= 15 is 0 Å². The van der Waals surface area contributed by atoms with Gasteiger partial charge in [-0.3, -0.25) is 4.79 Å². The number of hydrogen-bond donors (Lipinski definition) is 2. The number of benzene rings is 1. The second-order valence-electron chi connectivity index (χ2n) is 4.98. The minimum absolute atomic E-state index is 0.114. The molecule has 1 aromatic rings. The number of carbonyl (C=O) groups is 1. The van der Waals surface area contributed by atoms with Gasteiger partial charge in [0.2, 0.25) is 5.91 Å². The molecule has 5 heteroatoms. The van der Waals surface area contributed by atoms with Crippen LogP contribution in [0.15, 0.2) is 18.2 Å². The third-order valence-corrected chi connectivity index (χ3v) is 3.40. The smallest absolute Gasteiger partial charge is 0.242 e. The third-order valence-electron chi connectivity index (χ3n) is 3.40. The standard InChI is InChI=1S/C14H18F2N2O/c1-9(14(19)18-10-4-2-3-5-10)17-11-6-7-12(15)13(16)8-11/h6-10,17H,2-5H2,1H3,(H,18,19). The van der Waals surface area contributed by atoms with Crippen LogP contribution in [-0.2, 0) is 4.79 Å². The lowest BCUT2D eigenvalue weighted by atomic mass is 10.2. The number of amides is 1. The molecule has 1 aliphatic rings. The van der Waals surface area contributed by atoms with Crippen molar-refractivity contribution in [3.05, 3.63) is 29.8 Å². The van der Waals surface area contributed by atoms with Crippen LogP contribution in [0.25, 0.3) is 0 Å². The van der Waals surface area contributed by atoms with Gasteiger partial charge < -0.3 is 10.6 Å². The maximum absolute atomic E-state index is 13.0. The number of rotatable bonds is 4. The Labute approximate surface area is 111 Å². The highest BCUT2D eigenvalue weighted by atomic mass is 19.2. The molecule has 0 aliphatic heterocycles. The van der Waals surface area contributed by atoms with E-state index in [0.717, 1.165) is 37.8 Å². The molecule has 1 atom stereocenters. The first-order valence-corrected chi connectivity index (χ1v) is 6.58. The first-order valence-electron chi connectivity index (χ1n) is 6.58. The first-order chi connectivity index (χ1) is 9.06. The molecule has 104 valence electrons. The van der Waals surface area contributed by atoms with Crippen LogP contribution in [0.5, 0.6) is 0 Å². The summed E-state index contributed by atoms with van der Waals surface area (Å²) in [5.41, 5.74) is 0.396. The Bertz CT molecular complexity index is 459. The molecule has 0 aromatic heterocycles. The molecule has 19 heavy (non-hydrogen) atoms. The highest BCUT2D eigenvalue weighted by molar-refractivity contribution is 5.84. The van der Waals surface area contributed by atoms with Crippen molar-refractivity contribution in [2.45, 2.75) is 44.7 Å². The predicted octanol–water partition coefficient (Wildman–Crippen LogP) is 2.82. The molecule has 0 radical (unpaired) electrons. The Morgan fingerprint density at radius 3 is 2.58 bits per heavy atom. The fraction of sp³-hybridized carbons (Fsp3) is 0.500. The van der Waals surface area contributed by atoms with Crippen LogP contribution in [0.1, 0.15) is 32.6 Å². The zero-order valence-corrected chi connectivity index (χ0v) is 10.9. The Morgan fingerprint density at radius 1 is 1.26 bits per heavy atom. The van der Waals surface area contributed by atoms with Crippen LogP contribution < -0.4 is 10.6 Å². The van der Waals surface area contributed by atoms with E-state index in [1.165, 1.54) is 6.07 Å².